The lowest BCUT2D eigenvalue weighted by Gasteiger charge is -2.21. The summed E-state index contributed by atoms with van der Waals surface area (Å²) in [6, 6.07) is 3.62. The van der Waals surface area contributed by atoms with Crippen molar-refractivity contribution in [3.05, 3.63) is 22.8 Å². The van der Waals surface area contributed by atoms with Crippen LogP contribution in [0.15, 0.2) is 12.1 Å². The summed E-state index contributed by atoms with van der Waals surface area (Å²) in [6.45, 7) is 1.89. The van der Waals surface area contributed by atoms with Crippen LogP contribution in [0.5, 0.6) is 0 Å². The largest absolute Gasteiger partial charge is 0.308 e. The number of hydrogen-bond acceptors (Lipinski definition) is 4. The fraction of sp³-hybridized carbons (Fsp3) is 0.615. The van der Waals surface area contributed by atoms with E-state index in [9.17, 15) is 0 Å². The predicted molar refractivity (Wildman–Crippen MR) is 75.3 cm³/mol. The van der Waals surface area contributed by atoms with Crippen molar-refractivity contribution in [2.75, 3.05) is 19.0 Å². The molecule has 2 rings (SSSR count). The molecule has 0 atom stereocenters. The van der Waals surface area contributed by atoms with Crippen molar-refractivity contribution in [1.82, 2.24) is 9.88 Å². The number of halogens is 1. The summed E-state index contributed by atoms with van der Waals surface area (Å²) in [6.07, 6.45) is 5.47. The lowest BCUT2D eigenvalue weighted by molar-refractivity contribution is 0.268. The Morgan fingerprint density at radius 2 is 2.17 bits per heavy atom. The lowest BCUT2D eigenvalue weighted by atomic mass is 10.1. The first-order valence-corrected chi connectivity index (χ1v) is 6.87. The average Bonchev–Trinajstić information content (AvgIpc) is 2.84. The number of nitrogen functional groups attached to an aromatic ring is 1. The molecule has 18 heavy (non-hydrogen) atoms. The summed E-state index contributed by atoms with van der Waals surface area (Å²) in [7, 11) is 2.12. The molecule has 0 radical (unpaired) electrons. The van der Waals surface area contributed by atoms with Gasteiger partial charge in [0.15, 0.2) is 0 Å². The number of anilines is 1. The summed E-state index contributed by atoms with van der Waals surface area (Å²) >= 11 is 6.16. The molecule has 3 N–H and O–H groups in total. The molecule has 1 aliphatic rings. The second kappa shape index (κ2) is 6.36. The molecule has 0 amide bonds. The first-order valence-electron chi connectivity index (χ1n) is 6.49. The number of pyridine rings is 1. The van der Waals surface area contributed by atoms with Crippen LogP contribution in [0.2, 0.25) is 5.02 Å². The van der Waals surface area contributed by atoms with Crippen LogP contribution in [0.3, 0.4) is 0 Å². The maximum absolute atomic E-state index is 6.16. The van der Waals surface area contributed by atoms with Crippen molar-refractivity contribution in [3.63, 3.8) is 0 Å². The fourth-order valence-electron chi connectivity index (χ4n) is 2.63. The Balaban J connectivity index is 1.94. The highest BCUT2D eigenvalue weighted by molar-refractivity contribution is 6.31. The van der Waals surface area contributed by atoms with Gasteiger partial charge >= 0.3 is 0 Å². The highest BCUT2D eigenvalue weighted by atomic mass is 35.5. The van der Waals surface area contributed by atoms with E-state index < -0.39 is 0 Å². The van der Waals surface area contributed by atoms with Gasteiger partial charge in [-0.25, -0.2) is 10.8 Å². The first kappa shape index (κ1) is 13.6. The van der Waals surface area contributed by atoms with E-state index in [1.807, 2.05) is 6.07 Å². The van der Waals surface area contributed by atoms with E-state index in [0.29, 0.717) is 10.8 Å². The molecule has 0 unspecified atom stereocenters. The van der Waals surface area contributed by atoms with E-state index in [1.54, 1.807) is 6.07 Å². The van der Waals surface area contributed by atoms with E-state index in [-0.39, 0.29) is 0 Å². The second-order valence-corrected chi connectivity index (χ2v) is 5.52. The summed E-state index contributed by atoms with van der Waals surface area (Å²) in [5.74, 6) is 6.86. The van der Waals surface area contributed by atoms with Crippen LogP contribution in [-0.2, 0) is 6.54 Å². The molecule has 1 aromatic heterocycles. The quantitative estimate of drug-likeness (QED) is 0.637. The van der Waals surface area contributed by atoms with Crippen LogP contribution in [-0.4, -0.2) is 23.5 Å². The minimum absolute atomic E-state index is 0.656. The van der Waals surface area contributed by atoms with Crippen molar-refractivity contribution < 1.29 is 0 Å². The molecule has 0 aromatic carbocycles. The first-order chi connectivity index (χ1) is 8.69. The van der Waals surface area contributed by atoms with Gasteiger partial charge in [-0.15, -0.1) is 0 Å². The molecule has 1 heterocycles. The molecular weight excluding hydrogens is 248 g/mol. The molecular formula is C13H21ClN4. The number of nitrogens with zero attached hydrogens (tertiary/aromatic N) is 2. The maximum atomic E-state index is 6.16. The van der Waals surface area contributed by atoms with Gasteiger partial charge in [0, 0.05) is 13.1 Å². The Kier molecular flexibility index (Phi) is 4.80. The molecule has 100 valence electrons. The van der Waals surface area contributed by atoms with Gasteiger partial charge in [-0.2, -0.15) is 0 Å². The van der Waals surface area contributed by atoms with Gasteiger partial charge in [-0.1, -0.05) is 24.4 Å². The van der Waals surface area contributed by atoms with Gasteiger partial charge in [0.25, 0.3) is 0 Å². The van der Waals surface area contributed by atoms with Gasteiger partial charge in [0.05, 0.1) is 10.7 Å². The zero-order chi connectivity index (χ0) is 13.0. The summed E-state index contributed by atoms with van der Waals surface area (Å²) in [5.41, 5.74) is 3.43. The van der Waals surface area contributed by atoms with E-state index in [0.717, 1.165) is 24.7 Å². The predicted octanol–water partition coefficient (Wildman–Crippen LogP) is 2.64. The summed E-state index contributed by atoms with van der Waals surface area (Å²) in [4.78, 5) is 6.69. The van der Waals surface area contributed by atoms with Gasteiger partial charge in [0.2, 0.25) is 0 Å². The SMILES string of the molecule is CN(Cc1nc(NN)ccc1Cl)CC1CCCC1. The van der Waals surface area contributed by atoms with Crippen LogP contribution in [0.25, 0.3) is 0 Å². The molecule has 4 nitrogen and oxygen atoms in total. The van der Waals surface area contributed by atoms with E-state index >= 15 is 0 Å². The van der Waals surface area contributed by atoms with Crippen LogP contribution in [0.4, 0.5) is 5.82 Å². The molecule has 0 spiro atoms. The highest BCUT2D eigenvalue weighted by Gasteiger charge is 2.17. The zero-order valence-electron chi connectivity index (χ0n) is 10.8. The third kappa shape index (κ3) is 3.57. The molecule has 1 fully saturated rings. The molecule has 0 saturated heterocycles. The highest BCUT2D eigenvalue weighted by Crippen LogP contribution is 2.26. The average molecular weight is 269 g/mol. The topological polar surface area (TPSA) is 54.2 Å². The molecule has 0 aliphatic heterocycles. The van der Waals surface area contributed by atoms with Crippen LogP contribution >= 0.6 is 11.6 Å². The minimum atomic E-state index is 0.656. The third-order valence-electron chi connectivity index (χ3n) is 3.53. The van der Waals surface area contributed by atoms with Crippen LogP contribution in [0.1, 0.15) is 31.4 Å². The Labute approximate surface area is 113 Å². The lowest BCUT2D eigenvalue weighted by Crippen LogP contribution is -2.25. The molecule has 0 bridgehead atoms. The molecule has 1 aromatic rings. The maximum Gasteiger partial charge on any atom is 0.140 e. The number of nitrogens with one attached hydrogen (secondary N) is 1. The van der Waals surface area contributed by atoms with Crippen molar-refractivity contribution >= 4 is 17.4 Å². The standard InChI is InChI=1S/C13H21ClN4/c1-18(8-10-4-2-3-5-10)9-12-11(14)6-7-13(16-12)17-15/h6-7,10H,2-5,8-9,15H2,1H3,(H,16,17). The normalized spacial score (nSPS) is 16.4. The van der Waals surface area contributed by atoms with Crippen molar-refractivity contribution in [1.29, 1.82) is 0 Å². The van der Waals surface area contributed by atoms with Crippen molar-refractivity contribution in [3.8, 4) is 0 Å². The van der Waals surface area contributed by atoms with Crippen LogP contribution in [0, 0.1) is 5.92 Å². The van der Waals surface area contributed by atoms with E-state index in [4.69, 9.17) is 17.4 Å². The van der Waals surface area contributed by atoms with Gasteiger partial charge in [-0.05, 0) is 37.9 Å². The van der Waals surface area contributed by atoms with Crippen molar-refractivity contribution in [2.24, 2.45) is 11.8 Å². The number of hydrazine groups is 1. The fourth-order valence-corrected chi connectivity index (χ4v) is 2.79. The van der Waals surface area contributed by atoms with Gasteiger partial charge < -0.3 is 10.3 Å². The minimum Gasteiger partial charge on any atom is -0.308 e. The number of rotatable bonds is 5. The van der Waals surface area contributed by atoms with E-state index in [2.05, 4.69) is 22.4 Å². The van der Waals surface area contributed by atoms with E-state index in [1.165, 1.54) is 25.7 Å². The van der Waals surface area contributed by atoms with Crippen molar-refractivity contribution in [2.45, 2.75) is 32.2 Å². The Morgan fingerprint density at radius 1 is 1.44 bits per heavy atom. The number of hydrogen-bond donors (Lipinski definition) is 2. The second-order valence-electron chi connectivity index (χ2n) is 5.12. The number of aromatic nitrogens is 1. The third-order valence-corrected chi connectivity index (χ3v) is 3.87. The van der Waals surface area contributed by atoms with Gasteiger partial charge in [-0.3, -0.25) is 0 Å². The van der Waals surface area contributed by atoms with Crippen LogP contribution < -0.4 is 11.3 Å². The van der Waals surface area contributed by atoms with Gasteiger partial charge in [0.1, 0.15) is 5.82 Å². The Hall–Kier alpha value is -0.840. The summed E-state index contributed by atoms with van der Waals surface area (Å²) < 4.78 is 0. The Bertz CT molecular complexity index is 391. The molecule has 1 aliphatic carbocycles. The Morgan fingerprint density at radius 3 is 2.83 bits per heavy atom. The monoisotopic (exact) mass is 268 g/mol. The number of nitrogens with two attached hydrogens (primary N) is 1. The zero-order valence-corrected chi connectivity index (χ0v) is 11.6. The smallest absolute Gasteiger partial charge is 0.140 e. The molecule has 5 heteroatoms. The summed E-state index contributed by atoms with van der Waals surface area (Å²) in [5, 5.41) is 0.701. The molecule has 1 saturated carbocycles.